The molecule has 1 N–H and O–H groups in total. The van der Waals surface area contributed by atoms with E-state index in [1.807, 2.05) is 13.8 Å². The van der Waals surface area contributed by atoms with Crippen LogP contribution in [0.5, 0.6) is 0 Å². The molecule has 0 aliphatic carbocycles. The average Bonchev–Trinajstić information content (AvgIpc) is 2.68. The van der Waals surface area contributed by atoms with E-state index in [0.29, 0.717) is 12.0 Å². The van der Waals surface area contributed by atoms with Crippen LogP contribution in [0.15, 0.2) is 48.5 Å². The first kappa shape index (κ1) is 21.6. The van der Waals surface area contributed by atoms with Crippen molar-refractivity contribution in [3.63, 3.8) is 0 Å². The third kappa shape index (κ3) is 4.90. The number of hydrogen-bond donors (Lipinski definition) is 1. The van der Waals surface area contributed by atoms with E-state index >= 15 is 0 Å². The second-order valence-electron chi connectivity index (χ2n) is 7.72. The van der Waals surface area contributed by atoms with Crippen molar-refractivity contribution in [3.8, 4) is 0 Å². The maximum atomic E-state index is 14.2. The van der Waals surface area contributed by atoms with Gasteiger partial charge in [0.05, 0.1) is 6.04 Å². The van der Waals surface area contributed by atoms with Crippen LogP contribution in [0.1, 0.15) is 37.4 Å². The summed E-state index contributed by atoms with van der Waals surface area (Å²) in [5.41, 5.74) is 0.345. The first-order chi connectivity index (χ1) is 14.3. The molecule has 7 heteroatoms. The summed E-state index contributed by atoms with van der Waals surface area (Å²) in [5.74, 6) is -2.70. The molecule has 4 nitrogen and oxygen atoms in total. The second-order valence-corrected chi connectivity index (χ2v) is 7.72. The number of nitrogens with zero attached hydrogens (tertiary/aromatic N) is 1. The molecule has 2 atom stereocenters. The molecule has 0 spiro atoms. The van der Waals surface area contributed by atoms with Gasteiger partial charge in [-0.1, -0.05) is 32.0 Å². The number of hydrogen-bond acceptors (Lipinski definition) is 2. The third-order valence-electron chi connectivity index (χ3n) is 5.00. The number of halogens is 3. The molecule has 1 heterocycles. The molecule has 0 bridgehead atoms. The van der Waals surface area contributed by atoms with Crippen LogP contribution in [-0.2, 0) is 9.59 Å². The lowest BCUT2D eigenvalue weighted by atomic mass is 9.95. The summed E-state index contributed by atoms with van der Waals surface area (Å²) in [6.07, 6.45) is 2.83. The Morgan fingerprint density at radius 1 is 1.17 bits per heavy atom. The summed E-state index contributed by atoms with van der Waals surface area (Å²) in [6.45, 7) is 3.95. The SMILES string of the molecule is CC(C)C[C@H]1C(=O)N[C@@H](c2ccccc2F)CN1C(=O)C=Cc1ccc(F)cc1F. The minimum atomic E-state index is -0.793. The zero-order chi connectivity index (χ0) is 21.8. The van der Waals surface area contributed by atoms with Gasteiger partial charge in [0.2, 0.25) is 11.8 Å². The van der Waals surface area contributed by atoms with E-state index in [4.69, 9.17) is 0 Å². The van der Waals surface area contributed by atoms with Crippen LogP contribution < -0.4 is 5.32 Å². The first-order valence-electron chi connectivity index (χ1n) is 9.74. The van der Waals surface area contributed by atoms with Crippen LogP contribution in [0.4, 0.5) is 13.2 Å². The second kappa shape index (κ2) is 9.15. The maximum absolute atomic E-state index is 14.2. The molecule has 0 radical (unpaired) electrons. The van der Waals surface area contributed by atoms with E-state index in [1.54, 1.807) is 18.2 Å². The van der Waals surface area contributed by atoms with E-state index in [0.717, 1.165) is 18.2 Å². The van der Waals surface area contributed by atoms with E-state index in [-0.39, 0.29) is 23.9 Å². The Balaban J connectivity index is 1.87. The standard InChI is InChI=1S/C23H23F3N2O2/c1-14(2)11-21-23(30)27-20(17-5-3-4-6-18(17)25)13-28(21)22(29)10-8-15-7-9-16(24)12-19(15)26/h3-10,12,14,20-21H,11,13H2,1-2H3,(H,27,30)/t20-,21+/m1/s1. The zero-order valence-electron chi connectivity index (χ0n) is 16.7. The van der Waals surface area contributed by atoms with Gasteiger partial charge in [-0.3, -0.25) is 9.59 Å². The highest BCUT2D eigenvalue weighted by atomic mass is 19.1. The Labute approximate surface area is 173 Å². The van der Waals surface area contributed by atoms with Crippen LogP contribution in [0.25, 0.3) is 6.08 Å². The fraction of sp³-hybridized carbons (Fsp3) is 0.304. The number of carbonyl (C=O) groups is 2. The molecular formula is C23H23F3N2O2. The number of benzene rings is 2. The molecule has 2 aromatic carbocycles. The van der Waals surface area contributed by atoms with Crippen LogP contribution in [0.2, 0.25) is 0 Å². The molecule has 1 saturated heterocycles. The predicted molar refractivity (Wildman–Crippen MR) is 108 cm³/mol. The number of nitrogens with one attached hydrogen (secondary N) is 1. The highest BCUT2D eigenvalue weighted by Crippen LogP contribution is 2.26. The summed E-state index contributed by atoms with van der Waals surface area (Å²) >= 11 is 0. The van der Waals surface area contributed by atoms with Gasteiger partial charge in [0.25, 0.3) is 0 Å². The van der Waals surface area contributed by atoms with E-state index in [2.05, 4.69) is 5.32 Å². The third-order valence-corrected chi connectivity index (χ3v) is 5.00. The van der Waals surface area contributed by atoms with E-state index in [1.165, 1.54) is 23.1 Å². The zero-order valence-corrected chi connectivity index (χ0v) is 16.7. The Hall–Kier alpha value is -3.09. The Morgan fingerprint density at radius 2 is 1.90 bits per heavy atom. The lowest BCUT2D eigenvalue weighted by molar-refractivity contribution is -0.142. The minimum absolute atomic E-state index is 0.0530. The van der Waals surface area contributed by atoms with E-state index < -0.39 is 35.4 Å². The van der Waals surface area contributed by atoms with Crippen molar-refractivity contribution in [2.45, 2.75) is 32.4 Å². The van der Waals surface area contributed by atoms with Gasteiger partial charge in [-0.05, 0) is 36.6 Å². The Bertz CT molecular complexity index is 975. The average molecular weight is 416 g/mol. The molecular weight excluding hydrogens is 393 g/mol. The van der Waals surface area contributed by atoms with Gasteiger partial charge in [0, 0.05) is 29.8 Å². The van der Waals surface area contributed by atoms with Gasteiger partial charge in [-0.15, -0.1) is 0 Å². The number of carbonyl (C=O) groups excluding carboxylic acids is 2. The summed E-state index contributed by atoms with van der Waals surface area (Å²) in [4.78, 5) is 27.1. The van der Waals surface area contributed by atoms with Gasteiger partial charge in [-0.25, -0.2) is 13.2 Å². The van der Waals surface area contributed by atoms with Crippen LogP contribution in [0.3, 0.4) is 0 Å². The predicted octanol–water partition coefficient (Wildman–Crippen LogP) is 4.23. The fourth-order valence-electron chi connectivity index (χ4n) is 3.53. The summed E-state index contributed by atoms with van der Waals surface area (Å²) in [5, 5.41) is 2.80. The topological polar surface area (TPSA) is 49.4 Å². The van der Waals surface area contributed by atoms with Crippen molar-refractivity contribution in [2.24, 2.45) is 5.92 Å². The summed E-state index contributed by atoms with van der Waals surface area (Å²) in [6, 6.07) is 7.71. The van der Waals surface area contributed by atoms with Gasteiger partial charge in [0.1, 0.15) is 23.5 Å². The van der Waals surface area contributed by atoms with Gasteiger partial charge < -0.3 is 10.2 Å². The molecule has 2 amide bonds. The van der Waals surface area contributed by atoms with Gasteiger partial charge in [0.15, 0.2) is 0 Å². The quantitative estimate of drug-likeness (QED) is 0.742. The number of amides is 2. The van der Waals surface area contributed by atoms with E-state index in [9.17, 15) is 22.8 Å². The molecule has 30 heavy (non-hydrogen) atoms. The fourth-order valence-corrected chi connectivity index (χ4v) is 3.53. The van der Waals surface area contributed by atoms with Crippen molar-refractivity contribution >= 4 is 17.9 Å². The molecule has 2 aromatic rings. The van der Waals surface area contributed by atoms with Crippen molar-refractivity contribution < 1.29 is 22.8 Å². The van der Waals surface area contributed by atoms with Gasteiger partial charge in [-0.2, -0.15) is 0 Å². The molecule has 0 unspecified atom stereocenters. The highest BCUT2D eigenvalue weighted by Gasteiger charge is 2.38. The normalized spacial score (nSPS) is 19.4. The highest BCUT2D eigenvalue weighted by molar-refractivity contribution is 5.96. The number of piperazine rings is 1. The van der Waals surface area contributed by atoms with Crippen LogP contribution >= 0.6 is 0 Å². The molecule has 158 valence electrons. The van der Waals surface area contributed by atoms with Gasteiger partial charge >= 0.3 is 0 Å². The summed E-state index contributed by atoms with van der Waals surface area (Å²) < 4.78 is 41.2. The largest absolute Gasteiger partial charge is 0.346 e. The molecule has 1 fully saturated rings. The summed E-state index contributed by atoms with van der Waals surface area (Å²) in [7, 11) is 0. The lowest BCUT2D eigenvalue weighted by Crippen LogP contribution is -2.58. The molecule has 1 aliphatic heterocycles. The molecule has 3 rings (SSSR count). The number of rotatable bonds is 5. The molecule has 1 aliphatic rings. The monoisotopic (exact) mass is 416 g/mol. The smallest absolute Gasteiger partial charge is 0.247 e. The Kier molecular flexibility index (Phi) is 6.59. The molecule has 0 aromatic heterocycles. The van der Waals surface area contributed by atoms with Crippen LogP contribution in [0, 0.1) is 23.4 Å². The van der Waals surface area contributed by atoms with Crippen molar-refractivity contribution in [2.75, 3.05) is 6.54 Å². The maximum Gasteiger partial charge on any atom is 0.247 e. The van der Waals surface area contributed by atoms with Crippen molar-refractivity contribution in [1.82, 2.24) is 10.2 Å². The lowest BCUT2D eigenvalue weighted by Gasteiger charge is -2.40. The minimum Gasteiger partial charge on any atom is -0.346 e. The Morgan fingerprint density at radius 3 is 2.57 bits per heavy atom. The first-order valence-corrected chi connectivity index (χ1v) is 9.74. The molecule has 0 saturated carbocycles. The van der Waals surface area contributed by atoms with Crippen LogP contribution in [-0.4, -0.2) is 29.3 Å². The van der Waals surface area contributed by atoms with Crippen molar-refractivity contribution in [3.05, 3.63) is 77.1 Å². The van der Waals surface area contributed by atoms with Crippen molar-refractivity contribution in [1.29, 1.82) is 0 Å².